The quantitative estimate of drug-likeness (QED) is 0.758. The van der Waals surface area contributed by atoms with Gasteiger partial charge in [0.1, 0.15) is 0 Å². The van der Waals surface area contributed by atoms with E-state index in [1.54, 1.807) is 24.3 Å². The minimum absolute atomic E-state index is 0.165. The van der Waals surface area contributed by atoms with Crippen LogP contribution in [-0.2, 0) is 16.6 Å². The predicted octanol–water partition coefficient (Wildman–Crippen LogP) is 1.22. The Hall–Kier alpha value is -1.64. The molecule has 1 saturated heterocycles. The molecule has 7 nitrogen and oxygen atoms in total. The Morgan fingerprint density at radius 3 is 2.48 bits per heavy atom. The predicted molar refractivity (Wildman–Crippen MR) is 97.8 cm³/mol. The smallest absolute Gasteiger partial charge is 0.315 e. The number of carbonyl (C=O) groups excluding carboxylic acids is 1. The van der Waals surface area contributed by atoms with E-state index in [0.29, 0.717) is 12.1 Å². The third-order valence-corrected chi connectivity index (χ3v) is 6.25. The zero-order valence-electron chi connectivity index (χ0n) is 15.0. The lowest BCUT2D eigenvalue weighted by atomic mass is 10.1. The number of likely N-dealkylation sites (tertiary alicyclic amines) is 1. The summed E-state index contributed by atoms with van der Waals surface area (Å²) in [5.74, 6) is 0. The van der Waals surface area contributed by atoms with Crippen LogP contribution in [0.1, 0.15) is 24.8 Å². The maximum absolute atomic E-state index is 12.3. The van der Waals surface area contributed by atoms with E-state index in [2.05, 4.69) is 15.5 Å². The fourth-order valence-corrected chi connectivity index (χ4v) is 3.96. The number of nitrogens with zero attached hydrogens (tertiary/aromatic N) is 2. The molecule has 0 aromatic heterocycles. The zero-order valence-corrected chi connectivity index (χ0v) is 15.8. The minimum Gasteiger partial charge on any atom is -0.337 e. The van der Waals surface area contributed by atoms with Gasteiger partial charge in [0.05, 0.1) is 4.90 Å². The molecule has 1 heterocycles. The highest BCUT2D eigenvalue weighted by molar-refractivity contribution is 7.89. The molecule has 140 valence electrons. The van der Waals surface area contributed by atoms with Crippen LogP contribution in [0.3, 0.4) is 0 Å². The van der Waals surface area contributed by atoms with Gasteiger partial charge < -0.3 is 15.5 Å². The largest absolute Gasteiger partial charge is 0.337 e. The van der Waals surface area contributed by atoms with Crippen LogP contribution in [0, 0.1) is 0 Å². The van der Waals surface area contributed by atoms with E-state index in [1.807, 2.05) is 0 Å². The fourth-order valence-electron chi connectivity index (χ4n) is 2.85. The lowest BCUT2D eigenvalue weighted by molar-refractivity contribution is 0.220. The summed E-state index contributed by atoms with van der Waals surface area (Å²) >= 11 is 0. The van der Waals surface area contributed by atoms with Crippen LogP contribution in [0.2, 0.25) is 0 Å². The van der Waals surface area contributed by atoms with E-state index in [9.17, 15) is 13.2 Å². The molecule has 8 heteroatoms. The Labute approximate surface area is 150 Å². The average molecular weight is 369 g/mol. The highest BCUT2D eigenvalue weighted by atomic mass is 32.2. The lowest BCUT2D eigenvalue weighted by Gasteiger charge is -2.26. The van der Waals surface area contributed by atoms with Crippen LogP contribution in [0.25, 0.3) is 0 Å². The molecule has 0 saturated carbocycles. The Balaban J connectivity index is 1.83. The first-order chi connectivity index (χ1) is 11.9. The van der Waals surface area contributed by atoms with Gasteiger partial charge in [-0.3, -0.25) is 0 Å². The summed E-state index contributed by atoms with van der Waals surface area (Å²) in [6, 6.07) is 6.43. The Morgan fingerprint density at radius 2 is 1.80 bits per heavy atom. The van der Waals surface area contributed by atoms with E-state index in [0.717, 1.165) is 19.6 Å². The van der Waals surface area contributed by atoms with Gasteiger partial charge in [0.2, 0.25) is 10.0 Å². The topological polar surface area (TPSA) is 81.8 Å². The molecule has 0 aliphatic carbocycles. The third-order valence-electron chi connectivity index (χ3n) is 4.33. The van der Waals surface area contributed by atoms with Crippen LogP contribution in [0.4, 0.5) is 4.79 Å². The molecule has 1 fully saturated rings. The van der Waals surface area contributed by atoms with Gasteiger partial charge >= 0.3 is 6.03 Å². The molecule has 0 radical (unpaired) electrons. The van der Waals surface area contributed by atoms with Crippen molar-refractivity contribution in [3.8, 4) is 0 Å². The zero-order chi connectivity index (χ0) is 18.3. The SMILES string of the molecule is CN(C)S(=O)(=O)c1ccccc1CNC(=O)NCCN1CCCCC1. The van der Waals surface area contributed by atoms with Gasteiger partial charge in [0.25, 0.3) is 0 Å². The number of piperidine rings is 1. The number of carbonyl (C=O) groups is 1. The van der Waals surface area contributed by atoms with Crippen LogP contribution >= 0.6 is 0 Å². The van der Waals surface area contributed by atoms with Gasteiger partial charge in [0.15, 0.2) is 0 Å². The molecule has 0 bridgehead atoms. The van der Waals surface area contributed by atoms with Gasteiger partial charge in [-0.25, -0.2) is 17.5 Å². The van der Waals surface area contributed by atoms with Crippen molar-refractivity contribution in [2.24, 2.45) is 0 Å². The van der Waals surface area contributed by atoms with Gasteiger partial charge in [0, 0.05) is 33.7 Å². The van der Waals surface area contributed by atoms with Crippen LogP contribution < -0.4 is 10.6 Å². The third kappa shape index (κ3) is 5.69. The second-order valence-electron chi connectivity index (χ2n) is 6.41. The van der Waals surface area contributed by atoms with Gasteiger partial charge in [-0.15, -0.1) is 0 Å². The van der Waals surface area contributed by atoms with Crippen LogP contribution in [-0.4, -0.2) is 63.9 Å². The van der Waals surface area contributed by atoms with Crippen molar-refractivity contribution in [2.45, 2.75) is 30.7 Å². The van der Waals surface area contributed by atoms with Crippen molar-refractivity contribution in [1.82, 2.24) is 19.8 Å². The number of rotatable bonds is 7. The van der Waals surface area contributed by atoms with E-state index < -0.39 is 10.0 Å². The van der Waals surface area contributed by atoms with Crippen LogP contribution in [0.5, 0.6) is 0 Å². The van der Waals surface area contributed by atoms with Crippen LogP contribution in [0.15, 0.2) is 29.2 Å². The molecule has 2 amide bonds. The molecule has 0 atom stereocenters. The number of urea groups is 1. The van der Waals surface area contributed by atoms with Crippen molar-refractivity contribution in [1.29, 1.82) is 0 Å². The highest BCUT2D eigenvalue weighted by Gasteiger charge is 2.20. The van der Waals surface area contributed by atoms with E-state index in [4.69, 9.17) is 0 Å². The number of sulfonamides is 1. The van der Waals surface area contributed by atoms with Crippen molar-refractivity contribution in [2.75, 3.05) is 40.3 Å². The number of amides is 2. The molecule has 1 aromatic carbocycles. The number of nitrogens with one attached hydrogen (secondary N) is 2. The van der Waals surface area contributed by atoms with Crippen molar-refractivity contribution >= 4 is 16.1 Å². The molecule has 1 aromatic rings. The van der Waals surface area contributed by atoms with E-state index >= 15 is 0 Å². The van der Waals surface area contributed by atoms with Gasteiger partial charge in [-0.2, -0.15) is 0 Å². The maximum Gasteiger partial charge on any atom is 0.315 e. The summed E-state index contributed by atoms with van der Waals surface area (Å²) in [5, 5.41) is 5.57. The number of hydrogen-bond acceptors (Lipinski definition) is 4. The van der Waals surface area contributed by atoms with Crippen molar-refractivity contribution in [3.63, 3.8) is 0 Å². The monoisotopic (exact) mass is 368 g/mol. The average Bonchev–Trinajstić information content (AvgIpc) is 2.61. The van der Waals surface area contributed by atoms with E-state index in [-0.39, 0.29) is 17.5 Å². The first-order valence-corrected chi connectivity index (χ1v) is 10.1. The maximum atomic E-state index is 12.3. The second-order valence-corrected chi connectivity index (χ2v) is 8.53. The van der Waals surface area contributed by atoms with Crippen molar-refractivity contribution in [3.05, 3.63) is 29.8 Å². The van der Waals surface area contributed by atoms with Gasteiger partial charge in [-0.1, -0.05) is 24.6 Å². The molecule has 1 aliphatic rings. The molecule has 0 unspecified atom stereocenters. The summed E-state index contributed by atoms with van der Waals surface area (Å²) < 4.78 is 25.8. The Bertz CT molecular complexity index is 670. The first kappa shape index (κ1) is 19.7. The summed E-state index contributed by atoms with van der Waals surface area (Å²) in [7, 11) is -0.546. The molecule has 0 spiro atoms. The summed E-state index contributed by atoms with van der Waals surface area (Å²) in [6.45, 7) is 3.79. The normalized spacial score (nSPS) is 16.0. The molecular weight excluding hydrogens is 340 g/mol. The van der Waals surface area contributed by atoms with Gasteiger partial charge in [-0.05, 0) is 37.6 Å². The molecule has 2 N–H and O–H groups in total. The summed E-state index contributed by atoms with van der Waals surface area (Å²) in [4.78, 5) is 14.5. The summed E-state index contributed by atoms with van der Waals surface area (Å²) in [6.07, 6.45) is 3.74. The Morgan fingerprint density at radius 1 is 1.12 bits per heavy atom. The molecule has 1 aliphatic heterocycles. The Kier molecular flexibility index (Phi) is 7.22. The standard InChI is InChI=1S/C17H28N4O3S/c1-20(2)25(23,24)16-9-5-4-8-15(16)14-19-17(22)18-10-13-21-11-6-3-7-12-21/h4-5,8-9H,3,6-7,10-14H2,1-2H3,(H2,18,19,22). The first-order valence-electron chi connectivity index (χ1n) is 8.66. The molecular formula is C17H28N4O3S. The highest BCUT2D eigenvalue weighted by Crippen LogP contribution is 2.18. The fraction of sp³-hybridized carbons (Fsp3) is 0.588. The second kappa shape index (κ2) is 9.17. The summed E-state index contributed by atoms with van der Waals surface area (Å²) in [5.41, 5.74) is 0.572. The minimum atomic E-state index is -3.53. The lowest BCUT2D eigenvalue weighted by Crippen LogP contribution is -2.41. The number of hydrogen-bond donors (Lipinski definition) is 2. The number of benzene rings is 1. The van der Waals surface area contributed by atoms with E-state index in [1.165, 1.54) is 37.7 Å². The molecule has 2 rings (SSSR count). The van der Waals surface area contributed by atoms with Crippen molar-refractivity contribution < 1.29 is 13.2 Å². The molecule has 25 heavy (non-hydrogen) atoms.